The van der Waals surface area contributed by atoms with E-state index in [0.717, 1.165) is 0 Å². The molecule has 17 heavy (non-hydrogen) atoms. The van der Waals surface area contributed by atoms with Gasteiger partial charge in [-0.05, 0) is 0 Å². The second kappa shape index (κ2) is 7.66. The van der Waals surface area contributed by atoms with Crippen LogP contribution < -0.4 is 33.0 Å². The lowest BCUT2D eigenvalue weighted by Gasteiger charge is -2.00. The lowest BCUT2D eigenvalue weighted by molar-refractivity contribution is -0.671. The number of aliphatic imine (C=N–C) groups is 1. The van der Waals surface area contributed by atoms with Crippen LogP contribution in [0, 0.1) is 0 Å². The minimum absolute atomic E-state index is 0. The van der Waals surface area contributed by atoms with Crippen LogP contribution in [0.4, 0.5) is 0 Å². The molecular weight excluding hydrogens is 290 g/mol. The molecule has 0 spiro atoms. The summed E-state index contributed by atoms with van der Waals surface area (Å²) in [7, 11) is 1.88. The van der Waals surface area contributed by atoms with Gasteiger partial charge in [-0.2, -0.15) is 0 Å². The van der Waals surface area contributed by atoms with E-state index in [9.17, 15) is 4.79 Å². The molecule has 0 aliphatic heterocycles. The van der Waals surface area contributed by atoms with Gasteiger partial charge in [0, 0.05) is 0 Å². The first-order valence-electron chi connectivity index (χ1n) is 4.80. The molecule has 7 nitrogen and oxygen atoms in total. The Morgan fingerprint density at radius 1 is 1.53 bits per heavy atom. The van der Waals surface area contributed by atoms with Gasteiger partial charge < -0.3 is 33.2 Å². The first-order chi connectivity index (χ1) is 7.58. The Kier molecular flexibility index (Phi) is 6.95. The predicted molar refractivity (Wildman–Crippen MR) is 57.2 cm³/mol. The number of carbonyl (C=O) groups is 1. The third-order valence-corrected chi connectivity index (χ3v) is 1.78. The molecule has 4 N–H and O–H groups in total. The molecule has 0 atom stereocenters. The number of aryl methyl sites for hydroxylation is 1. The van der Waals surface area contributed by atoms with Crippen molar-refractivity contribution >= 4 is 11.9 Å². The molecule has 0 fully saturated rings. The lowest BCUT2D eigenvalue weighted by atomic mass is 10.6. The first kappa shape index (κ1) is 15.4. The van der Waals surface area contributed by atoms with E-state index in [0.29, 0.717) is 0 Å². The van der Waals surface area contributed by atoms with Crippen molar-refractivity contribution in [3.8, 4) is 0 Å². The molecule has 1 aromatic heterocycles. The van der Waals surface area contributed by atoms with Crippen molar-refractivity contribution in [2.24, 2.45) is 23.5 Å². The molecule has 0 amide bonds. The summed E-state index contributed by atoms with van der Waals surface area (Å²) in [6, 6.07) is 0. The normalized spacial score (nSPS) is 9.24. The molecule has 0 aliphatic carbocycles. The van der Waals surface area contributed by atoms with E-state index in [4.69, 9.17) is 16.2 Å². The van der Waals surface area contributed by atoms with E-state index in [1.165, 1.54) is 0 Å². The highest BCUT2D eigenvalue weighted by atomic mass is 79.9. The Morgan fingerprint density at radius 3 is 2.76 bits per heavy atom. The molecule has 1 heterocycles. The van der Waals surface area contributed by atoms with Crippen LogP contribution in [0.1, 0.15) is 0 Å². The SMILES string of the molecule is C[n+]1ccn(CC(=O)OCCN=C(N)N)c1.[Br-]. The van der Waals surface area contributed by atoms with Crippen molar-refractivity contribution < 1.29 is 31.1 Å². The molecule has 0 unspecified atom stereocenters. The Hall–Kier alpha value is -1.57. The minimum atomic E-state index is -0.318. The fourth-order valence-corrected chi connectivity index (χ4v) is 1.12. The number of esters is 1. The average Bonchev–Trinajstić information content (AvgIpc) is 2.58. The van der Waals surface area contributed by atoms with Crippen molar-refractivity contribution in [1.82, 2.24) is 4.57 Å². The number of nitrogens with zero attached hydrogens (tertiary/aromatic N) is 3. The van der Waals surface area contributed by atoms with Crippen molar-refractivity contribution in [1.29, 1.82) is 0 Å². The van der Waals surface area contributed by atoms with Gasteiger partial charge in [0.2, 0.25) is 6.33 Å². The van der Waals surface area contributed by atoms with Crippen LogP contribution in [-0.2, 0) is 23.1 Å². The average molecular weight is 306 g/mol. The molecule has 0 radical (unpaired) electrons. The molecule has 96 valence electrons. The summed E-state index contributed by atoms with van der Waals surface area (Å²) in [5.41, 5.74) is 10.2. The zero-order valence-electron chi connectivity index (χ0n) is 9.54. The summed E-state index contributed by atoms with van der Waals surface area (Å²) in [5, 5.41) is 0. The molecule has 0 saturated heterocycles. The van der Waals surface area contributed by atoms with Crippen molar-refractivity contribution in [3.05, 3.63) is 18.7 Å². The van der Waals surface area contributed by atoms with Gasteiger partial charge in [0.25, 0.3) is 0 Å². The van der Waals surface area contributed by atoms with Crippen LogP contribution in [0.5, 0.6) is 0 Å². The van der Waals surface area contributed by atoms with Crippen LogP contribution in [0.15, 0.2) is 23.7 Å². The fourth-order valence-electron chi connectivity index (χ4n) is 1.12. The van der Waals surface area contributed by atoms with E-state index in [2.05, 4.69) is 4.99 Å². The minimum Gasteiger partial charge on any atom is -1.00 e. The maximum Gasteiger partial charge on any atom is 0.348 e. The van der Waals surface area contributed by atoms with E-state index >= 15 is 0 Å². The predicted octanol–water partition coefficient (Wildman–Crippen LogP) is -4.87. The Morgan fingerprint density at radius 2 is 2.24 bits per heavy atom. The molecule has 1 rings (SSSR count). The molecular formula is C9H16BrN5O2. The van der Waals surface area contributed by atoms with Crippen LogP contribution in [0.25, 0.3) is 0 Å². The highest BCUT2D eigenvalue weighted by Gasteiger charge is 2.08. The van der Waals surface area contributed by atoms with Gasteiger partial charge in [-0.25, -0.2) is 13.9 Å². The quantitative estimate of drug-likeness (QED) is 0.187. The third kappa shape index (κ3) is 6.56. The van der Waals surface area contributed by atoms with E-state index in [-0.39, 0.29) is 48.6 Å². The largest absolute Gasteiger partial charge is 1.00 e. The molecule has 0 bridgehead atoms. The summed E-state index contributed by atoms with van der Waals surface area (Å²) < 4.78 is 8.48. The number of halogens is 1. The standard InChI is InChI=1S/C9H16N5O2.BrH/c1-13-3-4-14(7-13)6-8(15)16-5-2-12-9(10)11;/h3-4,7H,2,5-6H2,1H3,(H4,10,11,12);1H/q+1;/p-1. The number of imidazole rings is 1. The van der Waals surface area contributed by atoms with E-state index in [1.54, 1.807) is 17.1 Å². The van der Waals surface area contributed by atoms with Gasteiger partial charge in [0.1, 0.15) is 19.0 Å². The molecule has 0 saturated carbocycles. The summed E-state index contributed by atoms with van der Waals surface area (Å²) in [6.07, 6.45) is 5.42. The number of ether oxygens (including phenoxy) is 1. The highest BCUT2D eigenvalue weighted by molar-refractivity contribution is 5.75. The second-order valence-corrected chi connectivity index (χ2v) is 3.28. The van der Waals surface area contributed by atoms with Crippen LogP contribution in [-0.4, -0.2) is 29.6 Å². The lowest BCUT2D eigenvalue weighted by Crippen LogP contribution is -3.00. The van der Waals surface area contributed by atoms with Crippen molar-refractivity contribution in [3.63, 3.8) is 0 Å². The number of hydrogen-bond acceptors (Lipinski definition) is 3. The van der Waals surface area contributed by atoms with Crippen LogP contribution >= 0.6 is 0 Å². The molecule has 8 heteroatoms. The number of nitrogens with two attached hydrogens (primary N) is 2. The Bertz CT molecular complexity index is 386. The topological polar surface area (TPSA) is 99.5 Å². The Balaban J connectivity index is 0.00000256. The fraction of sp³-hybridized carbons (Fsp3) is 0.444. The van der Waals surface area contributed by atoms with E-state index in [1.807, 2.05) is 17.8 Å². The Labute approximate surface area is 110 Å². The smallest absolute Gasteiger partial charge is 0.348 e. The first-order valence-corrected chi connectivity index (χ1v) is 4.80. The zero-order valence-corrected chi connectivity index (χ0v) is 11.1. The van der Waals surface area contributed by atoms with Crippen LogP contribution in [0.2, 0.25) is 0 Å². The summed E-state index contributed by atoms with van der Waals surface area (Å²) in [5.74, 6) is -0.324. The summed E-state index contributed by atoms with van der Waals surface area (Å²) >= 11 is 0. The maximum absolute atomic E-state index is 11.3. The second-order valence-electron chi connectivity index (χ2n) is 3.28. The highest BCUT2D eigenvalue weighted by Crippen LogP contribution is 1.87. The van der Waals surface area contributed by atoms with Crippen LogP contribution in [0.3, 0.4) is 0 Å². The van der Waals surface area contributed by atoms with Crippen molar-refractivity contribution in [2.75, 3.05) is 13.2 Å². The maximum atomic E-state index is 11.3. The molecule has 0 aromatic carbocycles. The zero-order chi connectivity index (χ0) is 12.0. The summed E-state index contributed by atoms with van der Waals surface area (Å²) in [4.78, 5) is 15.0. The van der Waals surface area contributed by atoms with E-state index < -0.39 is 0 Å². The van der Waals surface area contributed by atoms with Gasteiger partial charge in [0.05, 0.1) is 13.6 Å². The number of aromatic nitrogens is 2. The van der Waals surface area contributed by atoms with Gasteiger partial charge >= 0.3 is 5.97 Å². The summed E-state index contributed by atoms with van der Waals surface area (Å²) in [6.45, 7) is 0.653. The van der Waals surface area contributed by atoms with Gasteiger partial charge in [-0.1, -0.05) is 0 Å². The monoisotopic (exact) mass is 305 g/mol. The number of rotatable bonds is 5. The molecule has 1 aromatic rings. The number of carbonyl (C=O) groups excluding carboxylic acids is 1. The molecule has 0 aliphatic rings. The van der Waals surface area contributed by atoms with Gasteiger partial charge in [0.15, 0.2) is 12.5 Å². The number of hydrogen-bond donors (Lipinski definition) is 2. The van der Waals surface area contributed by atoms with Gasteiger partial charge in [-0.15, -0.1) is 0 Å². The van der Waals surface area contributed by atoms with Gasteiger partial charge in [-0.3, -0.25) is 4.99 Å². The third-order valence-electron chi connectivity index (χ3n) is 1.78. The van der Waals surface area contributed by atoms with Crippen molar-refractivity contribution in [2.45, 2.75) is 6.54 Å². The number of guanidine groups is 1.